The number of halogens is 3. The Hall–Kier alpha value is -3.65. The summed E-state index contributed by atoms with van der Waals surface area (Å²) in [7, 11) is -3.86. The predicted molar refractivity (Wildman–Crippen MR) is 122 cm³/mol. The van der Waals surface area contributed by atoms with Crippen molar-refractivity contribution in [3.05, 3.63) is 65.7 Å². The number of carbonyl (C=O) groups is 2. The number of benzene rings is 2. The van der Waals surface area contributed by atoms with Crippen molar-refractivity contribution in [1.29, 1.82) is 0 Å². The Morgan fingerprint density at radius 1 is 1.17 bits per heavy atom. The average molecular weight is 527 g/mol. The molecule has 1 aliphatic rings. The highest BCUT2D eigenvalue weighted by molar-refractivity contribution is 7.93. The van der Waals surface area contributed by atoms with E-state index < -0.39 is 39.9 Å². The second-order valence-electron chi connectivity index (χ2n) is 7.31. The van der Waals surface area contributed by atoms with Crippen LogP contribution in [-0.2, 0) is 25.7 Å². The Morgan fingerprint density at radius 2 is 1.91 bits per heavy atom. The minimum absolute atomic E-state index is 0.0311. The molecule has 0 aliphatic carbocycles. The fraction of sp³-hybridized carbons (Fsp3) is 0.190. The molecule has 0 unspecified atom stereocenters. The number of sulfonamides is 1. The van der Waals surface area contributed by atoms with Crippen LogP contribution in [-0.4, -0.2) is 38.1 Å². The lowest BCUT2D eigenvalue weighted by Gasteiger charge is -2.17. The summed E-state index contributed by atoms with van der Waals surface area (Å²) in [5.41, 5.74) is -0.673. The summed E-state index contributed by atoms with van der Waals surface area (Å²) in [6.07, 6.45) is -5.17. The molecule has 1 fully saturated rings. The Kier molecular flexibility index (Phi) is 6.67. The van der Waals surface area contributed by atoms with Crippen molar-refractivity contribution in [3.63, 3.8) is 0 Å². The zero-order valence-electron chi connectivity index (χ0n) is 17.7. The molecule has 0 bridgehead atoms. The lowest BCUT2D eigenvalue weighted by atomic mass is 10.2. The molecule has 1 aliphatic heterocycles. The molecule has 2 aromatic carbocycles. The number of alkyl halides is 3. The smallest absolute Gasteiger partial charge is 0.416 e. The van der Waals surface area contributed by atoms with Gasteiger partial charge in [-0.2, -0.15) is 13.2 Å². The van der Waals surface area contributed by atoms with E-state index in [1.165, 1.54) is 41.4 Å². The van der Waals surface area contributed by atoms with Gasteiger partial charge in [0, 0.05) is 35.9 Å². The summed E-state index contributed by atoms with van der Waals surface area (Å²) in [5.74, 6) is -0.541. The number of hydrogen-bond donors (Lipinski definition) is 2. The van der Waals surface area contributed by atoms with Gasteiger partial charge in [0.15, 0.2) is 11.2 Å². The highest BCUT2D eigenvalue weighted by Crippen LogP contribution is 2.31. The Morgan fingerprint density at radius 3 is 2.57 bits per heavy atom. The maximum Gasteiger partial charge on any atom is 0.416 e. The van der Waals surface area contributed by atoms with Crippen LogP contribution in [0.1, 0.15) is 12.0 Å². The highest BCUT2D eigenvalue weighted by Gasteiger charge is 2.36. The molecule has 14 heteroatoms. The quantitative estimate of drug-likeness (QED) is 0.494. The lowest BCUT2D eigenvalue weighted by molar-refractivity contribution is -0.137. The monoisotopic (exact) mass is 526 g/mol. The van der Waals surface area contributed by atoms with Crippen molar-refractivity contribution in [1.82, 2.24) is 4.98 Å². The number of thiazole rings is 1. The van der Waals surface area contributed by atoms with Crippen molar-refractivity contribution < 1.29 is 35.9 Å². The van der Waals surface area contributed by atoms with Crippen LogP contribution in [0.15, 0.2) is 65.0 Å². The summed E-state index contributed by atoms with van der Waals surface area (Å²) in [5, 5.41) is 4.03. The Labute approximate surface area is 201 Å². The zero-order chi connectivity index (χ0) is 25.2. The van der Waals surface area contributed by atoms with E-state index >= 15 is 0 Å². The molecule has 184 valence electrons. The van der Waals surface area contributed by atoms with Crippen LogP contribution in [0.25, 0.3) is 0 Å². The summed E-state index contributed by atoms with van der Waals surface area (Å²) in [6, 6.07) is 9.55. The van der Waals surface area contributed by atoms with Crippen LogP contribution < -0.4 is 14.9 Å². The molecule has 0 spiro atoms. The highest BCUT2D eigenvalue weighted by atomic mass is 32.2. The molecule has 9 nitrogen and oxygen atoms in total. The fourth-order valence-corrected chi connectivity index (χ4v) is 5.11. The van der Waals surface area contributed by atoms with Crippen LogP contribution in [0.5, 0.6) is 0 Å². The standard InChI is InChI=1S/C21H17F3N4O5S2/c22-21(23,24)13-2-1-3-14(12-13)26-20(30)33-17-8-10-28(18(17)29)15-4-6-16(7-5-15)35(31,32)27-19-25-9-11-34-19/h1-7,9,11-12,17H,8,10H2,(H,25,27)(H,26,30)/t17-/m0/s1. The van der Waals surface area contributed by atoms with Crippen LogP contribution in [0.4, 0.5) is 34.5 Å². The molecular weight excluding hydrogens is 509 g/mol. The summed E-state index contributed by atoms with van der Waals surface area (Å²) in [4.78, 5) is 30.0. The molecule has 2 heterocycles. The van der Waals surface area contributed by atoms with Gasteiger partial charge in [-0.25, -0.2) is 18.2 Å². The largest absolute Gasteiger partial charge is 0.436 e. The van der Waals surface area contributed by atoms with Gasteiger partial charge >= 0.3 is 12.3 Å². The van der Waals surface area contributed by atoms with E-state index in [0.29, 0.717) is 5.69 Å². The normalized spacial score (nSPS) is 16.3. The maximum atomic E-state index is 12.8. The summed E-state index contributed by atoms with van der Waals surface area (Å²) in [6.45, 7) is 0.198. The van der Waals surface area contributed by atoms with Crippen LogP contribution in [0.2, 0.25) is 0 Å². The minimum Gasteiger partial charge on any atom is -0.436 e. The SMILES string of the molecule is O=C(Nc1cccc(C(F)(F)F)c1)O[C@H]1CCN(c2ccc(S(=O)(=O)Nc3nccs3)cc2)C1=O. The second kappa shape index (κ2) is 9.54. The Balaban J connectivity index is 1.37. The lowest BCUT2D eigenvalue weighted by Crippen LogP contribution is -2.33. The Bertz CT molecular complexity index is 1330. The van der Waals surface area contributed by atoms with Crippen LogP contribution in [0.3, 0.4) is 0 Å². The minimum atomic E-state index is -4.57. The third-order valence-electron chi connectivity index (χ3n) is 4.95. The number of carbonyl (C=O) groups excluding carboxylic acids is 2. The van der Waals surface area contributed by atoms with Crippen LogP contribution in [0, 0.1) is 0 Å². The van der Waals surface area contributed by atoms with Crippen LogP contribution >= 0.6 is 11.3 Å². The molecule has 2 amide bonds. The van der Waals surface area contributed by atoms with Crippen molar-refractivity contribution >= 4 is 49.9 Å². The van der Waals surface area contributed by atoms with Gasteiger partial charge in [0.05, 0.1) is 10.5 Å². The summed E-state index contributed by atoms with van der Waals surface area (Å²) < 4.78 is 70.8. The first-order chi connectivity index (χ1) is 16.5. The molecule has 0 radical (unpaired) electrons. The van der Waals surface area contributed by atoms with Crippen molar-refractivity contribution in [2.24, 2.45) is 0 Å². The predicted octanol–water partition coefficient (Wildman–Crippen LogP) is 4.32. The van der Waals surface area contributed by atoms with Crippen molar-refractivity contribution in [2.75, 3.05) is 21.5 Å². The molecule has 4 rings (SSSR count). The van der Waals surface area contributed by atoms with Crippen molar-refractivity contribution in [2.45, 2.75) is 23.6 Å². The number of rotatable bonds is 6. The van der Waals surface area contributed by atoms with Gasteiger partial charge in [0.2, 0.25) is 0 Å². The number of nitrogens with one attached hydrogen (secondary N) is 2. The fourth-order valence-electron chi connectivity index (χ4n) is 3.32. The molecule has 1 aromatic heterocycles. The van der Waals surface area contributed by atoms with Gasteiger partial charge < -0.3 is 9.64 Å². The van der Waals surface area contributed by atoms with Crippen molar-refractivity contribution in [3.8, 4) is 0 Å². The number of amides is 2. The first kappa shape index (κ1) is 24.5. The van der Waals surface area contributed by atoms with E-state index in [2.05, 4.69) is 15.0 Å². The maximum absolute atomic E-state index is 12.8. The molecular formula is C21H17F3N4O5S2. The third kappa shape index (κ3) is 5.71. The number of anilines is 3. The molecule has 2 N–H and O–H groups in total. The van der Waals surface area contributed by atoms with E-state index in [1.807, 2.05) is 0 Å². The van der Waals surface area contributed by atoms with Gasteiger partial charge in [-0.15, -0.1) is 11.3 Å². The van der Waals surface area contributed by atoms with E-state index in [1.54, 1.807) is 5.38 Å². The molecule has 1 atom stereocenters. The number of hydrogen-bond acceptors (Lipinski definition) is 7. The van der Waals surface area contributed by atoms with E-state index in [4.69, 9.17) is 4.74 Å². The average Bonchev–Trinajstić information content (AvgIpc) is 3.43. The van der Waals surface area contributed by atoms with Gasteiger partial charge in [-0.1, -0.05) is 6.07 Å². The van der Waals surface area contributed by atoms with E-state index in [9.17, 15) is 31.2 Å². The number of aromatic nitrogens is 1. The number of nitrogens with zero attached hydrogens (tertiary/aromatic N) is 2. The van der Waals surface area contributed by atoms with Gasteiger partial charge in [-0.3, -0.25) is 14.8 Å². The van der Waals surface area contributed by atoms with Gasteiger partial charge in [0.25, 0.3) is 15.9 Å². The molecule has 35 heavy (non-hydrogen) atoms. The molecule has 3 aromatic rings. The second-order valence-corrected chi connectivity index (χ2v) is 9.89. The number of ether oxygens (including phenoxy) is 1. The van der Waals surface area contributed by atoms with E-state index in [-0.39, 0.29) is 28.7 Å². The van der Waals surface area contributed by atoms with Gasteiger partial charge in [0.1, 0.15) is 0 Å². The molecule has 0 saturated carbocycles. The van der Waals surface area contributed by atoms with E-state index in [0.717, 1.165) is 29.5 Å². The summed E-state index contributed by atoms with van der Waals surface area (Å²) >= 11 is 1.12. The zero-order valence-corrected chi connectivity index (χ0v) is 19.3. The topological polar surface area (TPSA) is 118 Å². The van der Waals surface area contributed by atoms with Gasteiger partial charge in [-0.05, 0) is 42.5 Å². The first-order valence-corrected chi connectivity index (χ1v) is 12.4. The first-order valence-electron chi connectivity index (χ1n) is 10.0. The third-order valence-corrected chi connectivity index (χ3v) is 7.13. The molecule has 1 saturated heterocycles.